The minimum atomic E-state index is -3.64. The zero-order valence-corrected chi connectivity index (χ0v) is 17.5. The van der Waals surface area contributed by atoms with Crippen molar-refractivity contribution in [3.63, 3.8) is 0 Å². The van der Waals surface area contributed by atoms with Crippen LogP contribution >= 0.6 is 0 Å². The predicted octanol–water partition coefficient (Wildman–Crippen LogP) is 5.04. The molecular weight excluding hydrogens is 396 g/mol. The molecule has 0 amide bonds. The first kappa shape index (κ1) is 20.3. The van der Waals surface area contributed by atoms with Gasteiger partial charge in [-0.05, 0) is 66.8 Å². The summed E-state index contributed by atoms with van der Waals surface area (Å²) in [6.07, 6.45) is 7.59. The molecule has 0 bridgehead atoms. The van der Waals surface area contributed by atoms with Crippen LogP contribution in [0.1, 0.15) is 24.0 Å². The molecule has 0 fully saturated rings. The van der Waals surface area contributed by atoms with Gasteiger partial charge in [-0.15, -0.1) is 0 Å². The molecule has 2 aromatic carbocycles. The van der Waals surface area contributed by atoms with Gasteiger partial charge in [-0.3, -0.25) is 4.98 Å². The van der Waals surface area contributed by atoms with Crippen molar-refractivity contribution in [1.29, 1.82) is 0 Å². The Morgan fingerprint density at radius 3 is 2.47 bits per heavy atom. The largest absolute Gasteiger partial charge is 0.464 e. The van der Waals surface area contributed by atoms with E-state index in [0.29, 0.717) is 18.7 Å². The maximum absolute atomic E-state index is 13.4. The van der Waals surface area contributed by atoms with E-state index in [1.807, 2.05) is 30.3 Å². The van der Waals surface area contributed by atoms with Gasteiger partial charge in [0.15, 0.2) is 0 Å². The Hall–Kier alpha value is -2.96. The van der Waals surface area contributed by atoms with Gasteiger partial charge in [-0.25, -0.2) is 8.42 Å². The molecule has 0 unspecified atom stereocenters. The van der Waals surface area contributed by atoms with Gasteiger partial charge in [0.2, 0.25) is 10.0 Å². The second kappa shape index (κ2) is 9.24. The molecule has 0 saturated carbocycles. The van der Waals surface area contributed by atoms with Crippen molar-refractivity contribution in [2.75, 3.05) is 6.54 Å². The Morgan fingerprint density at radius 1 is 0.867 bits per heavy atom. The van der Waals surface area contributed by atoms with Crippen molar-refractivity contribution < 1.29 is 12.8 Å². The fourth-order valence-corrected chi connectivity index (χ4v) is 4.99. The maximum atomic E-state index is 13.4. The number of nitrogens with zero attached hydrogens (tertiary/aromatic N) is 2. The molecule has 2 aromatic heterocycles. The summed E-state index contributed by atoms with van der Waals surface area (Å²) in [5.74, 6) is 0. The molecule has 0 saturated heterocycles. The Balaban J connectivity index is 1.52. The minimum Gasteiger partial charge on any atom is -0.464 e. The minimum absolute atomic E-state index is 0.286. The number of furan rings is 1. The van der Waals surface area contributed by atoms with Crippen LogP contribution in [0.2, 0.25) is 0 Å². The van der Waals surface area contributed by atoms with E-state index >= 15 is 0 Å². The van der Waals surface area contributed by atoms with Crippen molar-refractivity contribution >= 4 is 21.0 Å². The summed E-state index contributed by atoms with van der Waals surface area (Å²) in [5.41, 5.74) is 2.87. The third-order valence-electron chi connectivity index (χ3n) is 5.14. The molecule has 30 heavy (non-hydrogen) atoms. The second-order valence-corrected chi connectivity index (χ2v) is 9.19. The van der Waals surface area contributed by atoms with Gasteiger partial charge < -0.3 is 4.42 Å². The Morgan fingerprint density at radius 2 is 1.67 bits per heavy atom. The van der Waals surface area contributed by atoms with Gasteiger partial charge in [0.1, 0.15) is 5.58 Å². The number of aromatic nitrogens is 1. The van der Waals surface area contributed by atoms with Crippen molar-refractivity contribution in [1.82, 2.24) is 9.29 Å². The molecule has 6 heteroatoms. The summed E-state index contributed by atoms with van der Waals surface area (Å²) in [5, 5.41) is 0.781. The molecule has 0 radical (unpaired) electrons. The van der Waals surface area contributed by atoms with Gasteiger partial charge in [0.05, 0.1) is 11.2 Å². The average molecular weight is 421 g/mol. The second-order valence-electron chi connectivity index (χ2n) is 7.26. The fraction of sp³-hybridized carbons (Fsp3) is 0.208. The van der Waals surface area contributed by atoms with E-state index in [4.69, 9.17) is 4.42 Å². The van der Waals surface area contributed by atoms with Crippen molar-refractivity contribution in [2.24, 2.45) is 0 Å². The van der Waals surface area contributed by atoms with Crippen LogP contribution in [0.3, 0.4) is 0 Å². The SMILES string of the molecule is O=S(=O)(c1ccc2occc2c1)N(CCCCc1ccccc1)Cc1ccncc1. The third-order valence-corrected chi connectivity index (χ3v) is 6.98. The lowest BCUT2D eigenvalue weighted by molar-refractivity contribution is 0.395. The monoisotopic (exact) mass is 420 g/mol. The zero-order valence-electron chi connectivity index (χ0n) is 16.6. The van der Waals surface area contributed by atoms with E-state index in [-0.39, 0.29) is 4.90 Å². The number of hydrogen-bond acceptors (Lipinski definition) is 4. The fourth-order valence-electron chi connectivity index (χ4n) is 3.49. The first-order valence-electron chi connectivity index (χ1n) is 10.0. The number of unbranched alkanes of at least 4 members (excludes halogenated alkanes) is 1. The summed E-state index contributed by atoms with van der Waals surface area (Å²) in [6, 6.07) is 20.8. The summed E-state index contributed by atoms with van der Waals surface area (Å²) in [4.78, 5) is 4.32. The Labute approximate surface area is 177 Å². The molecule has 0 spiro atoms. The van der Waals surface area contributed by atoms with E-state index in [9.17, 15) is 8.42 Å². The normalized spacial score (nSPS) is 11.9. The smallest absolute Gasteiger partial charge is 0.243 e. The lowest BCUT2D eigenvalue weighted by atomic mass is 10.1. The molecule has 0 aliphatic rings. The zero-order chi connectivity index (χ0) is 20.8. The number of pyridine rings is 1. The van der Waals surface area contributed by atoms with Gasteiger partial charge in [0, 0.05) is 30.9 Å². The van der Waals surface area contributed by atoms with E-state index in [0.717, 1.165) is 30.2 Å². The van der Waals surface area contributed by atoms with Gasteiger partial charge in [-0.1, -0.05) is 30.3 Å². The molecule has 0 atom stereocenters. The van der Waals surface area contributed by atoms with Gasteiger partial charge >= 0.3 is 0 Å². The van der Waals surface area contributed by atoms with E-state index < -0.39 is 10.0 Å². The lowest BCUT2D eigenvalue weighted by Gasteiger charge is -2.22. The van der Waals surface area contributed by atoms with E-state index in [2.05, 4.69) is 17.1 Å². The summed E-state index contributed by atoms with van der Waals surface area (Å²) in [7, 11) is -3.64. The molecule has 0 aliphatic heterocycles. The van der Waals surface area contributed by atoms with Crippen molar-refractivity contribution in [3.05, 3.63) is 96.5 Å². The van der Waals surface area contributed by atoms with Crippen LogP contribution in [0.5, 0.6) is 0 Å². The maximum Gasteiger partial charge on any atom is 0.243 e. The topological polar surface area (TPSA) is 63.4 Å². The summed E-state index contributed by atoms with van der Waals surface area (Å²) < 4.78 is 33.8. The number of sulfonamides is 1. The third kappa shape index (κ3) is 4.78. The van der Waals surface area contributed by atoms with Crippen molar-refractivity contribution in [3.8, 4) is 0 Å². The Bertz CT molecular complexity index is 1190. The van der Waals surface area contributed by atoms with E-state index in [1.54, 1.807) is 47.2 Å². The van der Waals surface area contributed by atoms with Crippen LogP contribution in [-0.2, 0) is 23.0 Å². The number of fused-ring (bicyclic) bond motifs is 1. The molecule has 4 aromatic rings. The average Bonchev–Trinajstić information content (AvgIpc) is 3.25. The van der Waals surface area contributed by atoms with Gasteiger partial charge in [-0.2, -0.15) is 4.31 Å². The highest BCUT2D eigenvalue weighted by Crippen LogP contribution is 2.24. The van der Waals surface area contributed by atoms with Crippen LogP contribution < -0.4 is 0 Å². The highest BCUT2D eigenvalue weighted by Gasteiger charge is 2.25. The van der Waals surface area contributed by atoms with Crippen LogP contribution in [0, 0.1) is 0 Å². The quantitative estimate of drug-likeness (QED) is 0.356. The molecular formula is C24H24N2O3S. The molecule has 2 heterocycles. The molecule has 5 nitrogen and oxygen atoms in total. The predicted molar refractivity (Wildman–Crippen MR) is 117 cm³/mol. The van der Waals surface area contributed by atoms with E-state index in [1.165, 1.54) is 5.56 Å². The number of aryl methyl sites for hydroxylation is 1. The molecule has 4 rings (SSSR count). The molecule has 0 N–H and O–H groups in total. The number of benzene rings is 2. The highest BCUT2D eigenvalue weighted by molar-refractivity contribution is 7.89. The lowest BCUT2D eigenvalue weighted by Crippen LogP contribution is -2.31. The first-order valence-corrected chi connectivity index (χ1v) is 11.5. The number of rotatable bonds is 9. The summed E-state index contributed by atoms with van der Waals surface area (Å²) in [6.45, 7) is 0.778. The van der Waals surface area contributed by atoms with Crippen LogP contribution in [0.15, 0.2) is 94.7 Å². The highest BCUT2D eigenvalue weighted by atomic mass is 32.2. The van der Waals surface area contributed by atoms with Crippen LogP contribution in [-0.4, -0.2) is 24.3 Å². The number of hydrogen-bond donors (Lipinski definition) is 0. The van der Waals surface area contributed by atoms with Crippen LogP contribution in [0.25, 0.3) is 11.0 Å². The van der Waals surface area contributed by atoms with Crippen molar-refractivity contribution in [2.45, 2.75) is 30.7 Å². The summed E-state index contributed by atoms with van der Waals surface area (Å²) >= 11 is 0. The molecule has 0 aliphatic carbocycles. The molecule has 154 valence electrons. The standard InChI is InChI=1S/C24H24N2O3S/c27-30(28,23-9-10-24-22(18-23)13-17-29-24)26(19-21-11-14-25-15-12-21)16-5-4-8-20-6-2-1-3-7-20/h1-3,6-7,9-15,17-18H,4-5,8,16,19H2. The first-order chi connectivity index (χ1) is 14.6. The Kier molecular flexibility index (Phi) is 6.26. The van der Waals surface area contributed by atoms with Crippen LogP contribution in [0.4, 0.5) is 0 Å². The van der Waals surface area contributed by atoms with Gasteiger partial charge in [0.25, 0.3) is 0 Å².